The van der Waals surface area contributed by atoms with Crippen LogP contribution in [0.2, 0.25) is 0 Å². The Labute approximate surface area is 82.1 Å². The topological polar surface area (TPSA) is 64.0 Å². The minimum absolute atomic E-state index is 0.0694. The van der Waals surface area contributed by atoms with Gasteiger partial charge in [-0.05, 0) is 0 Å². The Hall–Kier alpha value is -1.65. The van der Waals surface area contributed by atoms with Gasteiger partial charge in [-0.2, -0.15) is 5.10 Å². The molecule has 0 saturated heterocycles. The van der Waals surface area contributed by atoms with Gasteiger partial charge in [0.2, 0.25) is 5.91 Å². The lowest BCUT2D eigenvalue weighted by molar-refractivity contribution is -0.114. The van der Waals surface area contributed by atoms with Crippen molar-refractivity contribution in [2.24, 2.45) is 5.92 Å². The molecule has 0 aliphatic carbocycles. The van der Waals surface area contributed by atoms with Gasteiger partial charge in [0.05, 0.1) is 18.4 Å². The fraction of sp³-hybridized carbons (Fsp3) is 0.444. The molecule has 0 aliphatic rings. The van der Waals surface area contributed by atoms with E-state index in [1.54, 1.807) is 17.1 Å². The fourth-order valence-electron chi connectivity index (χ4n) is 1.07. The predicted molar refractivity (Wildman–Crippen MR) is 51.8 cm³/mol. The van der Waals surface area contributed by atoms with Crippen LogP contribution in [0.3, 0.4) is 0 Å². The lowest BCUT2D eigenvalue weighted by Crippen LogP contribution is -2.09. The van der Waals surface area contributed by atoms with Crippen LogP contribution in [0, 0.1) is 5.92 Å². The van der Waals surface area contributed by atoms with E-state index < -0.39 is 0 Å². The van der Waals surface area contributed by atoms with Crippen LogP contribution in [0.4, 0.5) is 5.69 Å². The quantitative estimate of drug-likeness (QED) is 0.718. The summed E-state index contributed by atoms with van der Waals surface area (Å²) in [5.41, 5.74) is 0.649. The second-order valence-electron chi connectivity index (χ2n) is 3.25. The lowest BCUT2D eigenvalue weighted by atomic mass is 10.2. The zero-order valence-electron chi connectivity index (χ0n) is 8.23. The van der Waals surface area contributed by atoms with E-state index in [0.717, 1.165) is 6.29 Å². The Morgan fingerprint density at radius 3 is 3.07 bits per heavy atom. The molecule has 0 saturated carbocycles. The van der Waals surface area contributed by atoms with E-state index in [2.05, 4.69) is 10.4 Å². The minimum Gasteiger partial charge on any atom is -0.324 e. The maximum absolute atomic E-state index is 10.7. The summed E-state index contributed by atoms with van der Waals surface area (Å²) in [7, 11) is 0. The van der Waals surface area contributed by atoms with Crippen LogP contribution in [0.25, 0.3) is 0 Å². The number of hydrogen-bond donors (Lipinski definition) is 1. The van der Waals surface area contributed by atoms with Crippen LogP contribution < -0.4 is 5.32 Å². The molecule has 1 rings (SSSR count). The van der Waals surface area contributed by atoms with Gasteiger partial charge in [0.15, 0.2) is 0 Å². The van der Waals surface area contributed by atoms with Crippen LogP contribution >= 0.6 is 0 Å². The molecule has 0 radical (unpaired) electrons. The molecule has 0 aromatic carbocycles. The van der Waals surface area contributed by atoms with Crippen molar-refractivity contribution in [2.75, 3.05) is 5.32 Å². The average Bonchev–Trinajstić information content (AvgIpc) is 2.51. The first-order valence-corrected chi connectivity index (χ1v) is 4.37. The van der Waals surface area contributed by atoms with Gasteiger partial charge < -0.3 is 10.1 Å². The van der Waals surface area contributed by atoms with E-state index in [1.165, 1.54) is 6.92 Å². The second kappa shape index (κ2) is 4.55. The second-order valence-corrected chi connectivity index (χ2v) is 3.25. The standard InChI is InChI=1S/C9H13N3O2/c1-7(6-13)4-12-5-9(3-10-12)11-8(2)14/h3,5-7H,4H2,1-2H3,(H,11,14). The molecule has 1 N–H and O–H groups in total. The van der Waals surface area contributed by atoms with Crippen LogP contribution in [0.1, 0.15) is 13.8 Å². The third-order valence-corrected chi connectivity index (χ3v) is 1.66. The van der Waals surface area contributed by atoms with Gasteiger partial charge in [0.1, 0.15) is 6.29 Å². The van der Waals surface area contributed by atoms with Gasteiger partial charge in [-0.3, -0.25) is 9.48 Å². The number of aromatic nitrogens is 2. The van der Waals surface area contributed by atoms with Gasteiger partial charge in [-0.1, -0.05) is 6.92 Å². The van der Waals surface area contributed by atoms with E-state index in [1.807, 2.05) is 6.92 Å². The van der Waals surface area contributed by atoms with E-state index in [-0.39, 0.29) is 11.8 Å². The summed E-state index contributed by atoms with van der Waals surface area (Å²) in [5.74, 6) is -0.201. The summed E-state index contributed by atoms with van der Waals surface area (Å²) in [6.07, 6.45) is 4.13. The summed E-state index contributed by atoms with van der Waals surface area (Å²) in [6.45, 7) is 3.78. The monoisotopic (exact) mass is 195 g/mol. The van der Waals surface area contributed by atoms with Crippen molar-refractivity contribution in [3.8, 4) is 0 Å². The average molecular weight is 195 g/mol. The Kier molecular flexibility index (Phi) is 3.39. The summed E-state index contributed by atoms with van der Waals surface area (Å²) in [4.78, 5) is 21.1. The van der Waals surface area contributed by atoms with E-state index in [9.17, 15) is 9.59 Å². The summed E-state index contributed by atoms with van der Waals surface area (Å²) < 4.78 is 1.63. The summed E-state index contributed by atoms with van der Waals surface area (Å²) in [6, 6.07) is 0. The molecule has 1 aromatic rings. The van der Waals surface area contributed by atoms with Crippen LogP contribution in [0.5, 0.6) is 0 Å². The van der Waals surface area contributed by atoms with Gasteiger partial charge >= 0.3 is 0 Å². The number of carbonyl (C=O) groups excluding carboxylic acids is 2. The summed E-state index contributed by atoms with van der Waals surface area (Å²) in [5, 5.41) is 6.61. The SMILES string of the molecule is CC(=O)Nc1cnn(CC(C)C=O)c1. The predicted octanol–water partition coefficient (Wildman–Crippen LogP) is 0.676. The molecule has 14 heavy (non-hydrogen) atoms. The Balaban J connectivity index is 2.59. The van der Waals surface area contributed by atoms with Crippen molar-refractivity contribution in [3.05, 3.63) is 12.4 Å². The van der Waals surface area contributed by atoms with Crippen LogP contribution in [0.15, 0.2) is 12.4 Å². The zero-order chi connectivity index (χ0) is 10.6. The number of carbonyl (C=O) groups is 2. The molecule has 1 unspecified atom stereocenters. The van der Waals surface area contributed by atoms with E-state index in [0.29, 0.717) is 12.2 Å². The third kappa shape index (κ3) is 3.01. The van der Waals surface area contributed by atoms with Crippen molar-refractivity contribution in [2.45, 2.75) is 20.4 Å². The molecule has 1 aromatic heterocycles. The number of hydrogen-bond acceptors (Lipinski definition) is 3. The van der Waals surface area contributed by atoms with Gasteiger partial charge in [0, 0.05) is 19.0 Å². The smallest absolute Gasteiger partial charge is 0.221 e. The highest BCUT2D eigenvalue weighted by molar-refractivity contribution is 5.88. The van der Waals surface area contributed by atoms with Crippen molar-refractivity contribution in [1.29, 1.82) is 0 Å². The number of aldehydes is 1. The molecular weight excluding hydrogens is 182 g/mol. The van der Waals surface area contributed by atoms with Crippen molar-refractivity contribution in [1.82, 2.24) is 9.78 Å². The highest BCUT2D eigenvalue weighted by Crippen LogP contribution is 2.06. The van der Waals surface area contributed by atoms with Crippen molar-refractivity contribution >= 4 is 17.9 Å². The molecule has 0 bridgehead atoms. The number of amides is 1. The van der Waals surface area contributed by atoms with Crippen molar-refractivity contribution < 1.29 is 9.59 Å². The van der Waals surface area contributed by atoms with Gasteiger partial charge in [-0.15, -0.1) is 0 Å². The minimum atomic E-state index is -0.131. The maximum Gasteiger partial charge on any atom is 0.221 e. The normalized spacial score (nSPS) is 12.1. The number of nitrogens with zero attached hydrogens (tertiary/aromatic N) is 2. The molecule has 0 spiro atoms. The third-order valence-electron chi connectivity index (χ3n) is 1.66. The molecular formula is C9H13N3O2. The van der Waals surface area contributed by atoms with Crippen LogP contribution in [-0.4, -0.2) is 22.0 Å². The first kappa shape index (κ1) is 10.4. The fourth-order valence-corrected chi connectivity index (χ4v) is 1.07. The lowest BCUT2D eigenvalue weighted by Gasteiger charge is -2.02. The van der Waals surface area contributed by atoms with E-state index >= 15 is 0 Å². The number of nitrogens with one attached hydrogen (secondary N) is 1. The molecule has 5 nitrogen and oxygen atoms in total. The first-order valence-electron chi connectivity index (χ1n) is 4.37. The summed E-state index contributed by atoms with van der Waals surface area (Å²) >= 11 is 0. The Morgan fingerprint density at radius 1 is 1.79 bits per heavy atom. The molecule has 5 heteroatoms. The largest absolute Gasteiger partial charge is 0.324 e. The Bertz CT molecular complexity index is 333. The van der Waals surface area contributed by atoms with E-state index in [4.69, 9.17) is 0 Å². The highest BCUT2D eigenvalue weighted by Gasteiger charge is 2.03. The zero-order valence-corrected chi connectivity index (χ0v) is 8.23. The first-order chi connectivity index (χ1) is 6.61. The Morgan fingerprint density at radius 2 is 2.50 bits per heavy atom. The molecule has 0 aliphatic heterocycles. The van der Waals surface area contributed by atoms with Gasteiger partial charge in [0.25, 0.3) is 0 Å². The molecule has 1 atom stereocenters. The number of rotatable bonds is 4. The van der Waals surface area contributed by atoms with Crippen LogP contribution in [-0.2, 0) is 16.1 Å². The number of anilines is 1. The van der Waals surface area contributed by atoms with Crippen molar-refractivity contribution in [3.63, 3.8) is 0 Å². The maximum atomic E-state index is 10.7. The molecule has 1 amide bonds. The molecule has 1 heterocycles. The van der Waals surface area contributed by atoms with Gasteiger partial charge in [-0.25, -0.2) is 0 Å². The molecule has 76 valence electrons. The highest BCUT2D eigenvalue weighted by atomic mass is 16.1. The molecule has 0 fully saturated rings.